The molecule has 8 N–H and O–H groups in total. The number of aromatic nitrogens is 4. The minimum absolute atomic E-state index is 0. The summed E-state index contributed by atoms with van der Waals surface area (Å²) in [5, 5.41) is 6.42. The summed E-state index contributed by atoms with van der Waals surface area (Å²) in [7, 11) is 0. The third-order valence-electron chi connectivity index (χ3n) is 6.53. The lowest BCUT2D eigenvalue weighted by Crippen LogP contribution is -2.14. The van der Waals surface area contributed by atoms with Crippen molar-refractivity contribution in [1.82, 2.24) is 19.9 Å². The van der Waals surface area contributed by atoms with Crippen molar-refractivity contribution in [2.75, 3.05) is 41.7 Å². The second-order valence-electron chi connectivity index (χ2n) is 9.48. The summed E-state index contributed by atoms with van der Waals surface area (Å²) in [6.07, 6.45) is 2.26. The lowest BCUT2D eigenvalue weighted by atomic mass is 10.0. The number of hydrogen-bond acceptors (Lipinski definition) is 9. The summed E-state index contributed by atoms with van der Waals surface area (Å²) in [5.74, 6) is 2.07. The number of aryl methyl sites for hydroxylation is 2. The average Bonchev–Trinajstić information content (AvgIpc) is 2.90. The molecule has 9 heteroatoms. The Morgan fingerprint density at radius 3 is 1.55 bits per heavy atom. The zero-order valence-corrected chi connectivity index (χ0v) is 23.7. The molecule has 2 aromatic carbocycles. The summed E-state index contributed by atoms with van der Waals surface area (Å²) < 4.78 is 0. The average molecular weight is 544 g/mol. The van der Waals surface area contributed by atoms with Gasteiger partial charge in [0.25, 0.3) is 0 Å². The number of benzene rings is 2. The number of rotatable bonds is 9. The van der Waals surface area contributed by atoms with E-state index in [-0.39, 0.29) is 13.4 Å². The first-order chi connectivity index (χ1) is 18.7. The molecule has 0 aliphatic rings. The van der Waals surface area contributed by atoms with Gasteiger partial charge in [-0.15, -0.1) is 0 Å². The van der Waals surface area contributed by atoms with Crippen LogP contribution < -0.4 is 27.8 Å². The van der Waals surface area contributed by atoms with Crippen LogP contribution in [0.3, 0.4) is 0 Å². The van der Waals surface area contributed by atoms with E-state index >= 15 is 0 Å². The number of hydrogen-bond donors (Lipinski definition) is 5. The highest BCUT2D eigenvalue weighted by molar-refractivity contribution is 5.69. The Bertz CT molecular complexity index is 1390. The van der Waals surface area contributed by atoms with E-state index in [1.54, 1.807) is 0 Å². The van der Waals surface area contributed by atoms with Gasteiger partial charge in [0, 0.05) is 42.9 Å². The third-order valence-corrected chi connectivity index (χ3v) is 6.53. The Labute approximate surface area is 239 Å². The molecule has 0 saturated carbocycles. The molecule has 0 spiro atoms. The normalized spacial score (nSPS) is 10.2. The second-order valence-corrected chi connectivity index (χ2v) is 9.48. The summed E-state index contributed by atoms with van der Waals surface area (Å²) in [6, 6.07) is 16.2. The van der Waals surface area contributed by atoms with Crippen LogP contribution >= 0.6 is 0 Å². The fourth-order valence-corrected chi connectivity index (χ4v) is 4.04. The molecule has 214 valence electrons. The molecular formula is C31H45N9. The predicted octanol–water partition coefficient (Wildman–Crippen LogP) is 5.90. The van der Waals surface area contributed by atoms with Gasteiger partial charge < -0.3 is 27.8 Å². The SMILES string of the molecule is C.CCCCNc1cc(-c2cccc(C)c2C)nc(N)n1.Cc1cccc(-c2cc(NCCN)nc(N)n2)c1C. The fraction of sp³-hybridized carbons (Fsp3) is 0.355. The topological polar surface area (TPSA) is 154 Å². The molecule has 0 aliphatic heterocycles. The van der Waals surface area contributed by atoms with Crippen molar-refractivity contribution in [2.24, 2.45) is 5.73 Å². The van der Waals surface area contributed by atoms with E-state index in [0.29, 0.717) is 24.9 Å². The van der Waals surface area contributed by atoms with E-state index in [9.17, 15) is 0 Å². The molecular weight excluding hydrogens is 498 g/mol. The van der Waals surface area contributed by atoms with Crippen LogP contribution in [0.25, 0.3) is 22.5 Å². The standard InChI is InChI=1S/C16H22N4.C14H19N5.CH4/c1-4-5-9-18-15-10-14(19-16(17)20-15)13-8-6-7-11(2)12(13)3;1-9-4-3-5-11(10(9)2)12-8-13(17-7-6-15)19-14(16)18-12;/h6-8,10H,4-5,9H2,1-3H3,(H3,17,18,19,20);3-5,8H,6-7,15H2,1-2H3,(H3,16,17,18,19);1H4. The molecule has 0 fully saturated rings. The van der Waals surface area contributed by atoms with Gasteiger partial charge in [0.15, 0.2) is 0 Å². The maximum atomic E-state index is 5.83. The molecule has 4 rings (SSSR count). The smallest absolute Gasteiger partial charge is 0.222 e. The zero-order valence-electron chi connectivity index (χ0n) is 23.7. The minimum Gasteiger partial charge on any atom is -0.370 e. The molecule has 0 saturated heterocycles. The van der Waals surface area contributed by atoms with E-state index in [1.165, 1.54) is 22.3 Å². The van der Waals surface area contributed by atoms with Crippen molar-refractivity contribution in [3.8, 4) is 22.5 Å². The molecule has 0 radical (unpaired) electrons. The minimum atomic E-state index is 0. The molecule has 2 heterocycles. The van der Waals surface area contributed by atoms with Gasteiger partial charge >= 0.3 is 0 Å². The first kappa shape index (κ1) is 32.0. The number of nitrogen functional groups attached to an aromatic ring is 2. The van der Waals surface area contributed by atoms with Crippen LogP contribution in [0.5, 0.6) is 0 Å². The van der Waals surface area contributed by atoms with Crippen LogP contribution in [-0.2, 0) is 0 Å². The molecule has 0 amide bonds. The van der Waals surface area contributed by atoms with Crippen molar-refractivity contribution in [3.05, 3.63) is 70.8 Å². The van der Waals surface area contributed by atoms with Crippen LogP contribution in [-0.4, -0.2) is 39.6 Å². The Morgan fingerprint density at radius 1 is 0.675 bits per heavy atom. The first-order valence-corrected chi connectivity index (χ1v) is 13.3. The van der Waals surface area contributed by atoms with Crippen molar-refractivity contribution >= 4 is 23.5 Å². The highest BCUT2D eigenvalue weighted by Gasteiger charge is 2.09. The molecule has 2 aromatic heterocycles. The van der Waals surface area contributed by atoms with Gasteiger partial charge in [-0.2, -0.15) is 9.97 Å². The van der Waals surface area contributed by atoms with Gasteiger partial charge in [-0.25, -0.2) is 9.97 Å². The van der Waals surface area contributed by atoms with Gasteiger partial charge in [0.05, 0.1) is 11.4 Å². The Balaban J connectivity index is 0.000000274. The molecule has 0 unspecified atom stereocenters. The first-order valence-electron chi connectivity index (χ1n) is 13.3. The van der Waals surface area contributed by atoms with Crippen molar-refractivity contribution < 1.29 is 0 Å². The lowest BCUT2D eigenvalue weighted by Gasteiger charge is -2.11. The van der Waals surface area contributed by atoms with Gasteiger partial charge in [-0.05, 0) is 56.4 Å². The van der Waals surface area contributed by atoms with Gasteiger partial charge in [-0.1, -0.05) is 57.2 Å². The largest absolute Gasteiger partial charge is 0.370 e. The number of nitrogens with zero attached hydrogens (tertiary/aromatic N) is 4. The number of unbranched alkanes of at least 4 members (excludes halogenated alkanes) is 1. The monoisotopic (exact) mass is 543 g/mol. The predicted molar refractivity (Wildman–Crippen MR) is 170 cm³/mol. The summed E-state index contributed by atoms with van der Waals surface area (Å²) in [5.41, 5.74) is 25.8. The van der Waals surface area contributed by atoms with E-state index < -0.39 is 0 Å². The molecule has 40 heavy (non-hydrogen) atoms. The highest BCUT2D eigenvalue weighted by Crippen LogP contribution is 2.27. The number of nitrogens with two attached hydrogens (primary N) is 3. The Morgan fingerprint density at radius 2 is 1.12 bits per heavy atom. The molecule has 0 aliphatic carbocycles. The number of anilines is 4. The summed E-state index contributed by atoms with van der Waals surface area (Å²) in [4.78, 5) is 17.1. The molecule has 9 nitrogen and oxygen atoms in total. The zero-order chi connectivity index (χ0) is 28.4. The molecule has 0 atom stereocenters. The Kier molecular flexibility index (Phi) is 12.3. The van der Waals surface area contributed by atoms with Gasteiger partial charge in [0.1, 0.15) is 11.6 Å². The Hall–Kier alpha value is -4.24. The van der Waals surface area contributed by atoms with Gasteiger partial charge in [-0.3, -0.25) is 0 Å². The van der Waals surface area contributed by atoms with E-state index in [1.807, 2.05) is 30.3 Å². The highest BCUT2D eigenvalue weighted by atomic mass is 15.1. The summed E-state index contributed by atoms with van der Waals surface area (Å²) in [6.45, 7) is 12.6. The summed E-state index contributed by atoms with van der Waals surface area (Å²) >= 11 is 0. The maximum absolute atomic E-state index is 5.83. The lowest BCUT2D eigenvalue weighted by molar-refractivity contribution is 0.831. The second kappa shape index (κ2) is 15.4. The van der Waals surface area contributed by atoms with Crippen LogP contribution in [0.2, 0.25) is 0 Å². The third kappa shape index (κ3) is 8.64. The number of nitrogens with one attached hydrogen (secondary N) is 2. The van der Waals surface area contributed by atoms with Gasteiger partial charge in [0.2, 0.25) is 11.9 Å². The van der Waals surface area contributed by atoms with Crippen LogP contribution in [0.1, 0.15) is 49.4 Å². The van der Waals surface area contributed by atoms with E-state index in [0.717, 1.165) is 47.7 Å². The van der Waals surface area contributed by atoms with Crippen molar-refractivity contribution in [1.29, 1.82) is 0 Å². The van der Waals surface area contributed by atoms with E-state index in [4.69, 9.17) is 17.2 Å². The van der Waals surface area contributed by atoms with Crippen LogP contribution in [0, 0.1) is 27.7 Å². The van der Waals surface area contributed by atoms with Crippen molar-refractivity contribution in [2.45, 2.75) is 54.9 Å². The van der Waals surface area contributed by atoms with Crippen molar-refractivity contribution in [3.63, 3.8) is 0 Å². The molecule has 0 bridgehead atoms. The van der Waals surface area contributed by atoms with Crippen LogP contribution in [0.15, 0.2) is 48.5 Å². The van der Waals surface area contributed by atoms with E-state index in [2.05, 4.69) is 83.4 Å². The fourth-order valence-electron chi connectivity index (χ4n) is 4.04. The quantitative estimate of drug-likeness (QED) is 0.162. The maximum Gasteiger partial charge on any atom is 0.222 e. The van der Waals surface area contributed by atoms with Crippen LogP contribution in [0.4, 0.5) is 23.5 Å². The molecule has 4 aromatic rings.